The van der Waals surface area contributed by atoms with E-state index < -0.39 is 10.0 Å². The fourth-order valence-electron chi connectivity index (χ4n) is 3.35. The predicted octanol–water partition coefficient (Wildman–Crippen LogP) is 1.99. The zero-order chi connectivity index (χ0) is 19.2. The first-order valence-corrected chi connectivity index (χ1v) is 11.0. The van der Waals surface area contributed by atoms with Crippen molar-refractivity contribution in [1.82, 2.24) is 4.72 Å². The van der Waals surface area contributed by atoms with Crippen molar-refractivity contribution in [2.45, 2.75) is 82.3 Å². The largest absolute Gasteiger partial charge is 0.334 e. The molecule has 0 aliphatic heterocycles. The van der Waals surface area contributed by atoms with Crippen molar-refractivity contribution in [1.29, 1.82) is 0 Å². The van der Waals surface area contributed by atoms with Gasteiger partial charge in [0.05, 0.1) is 10.9 Å². The van der Waals surface area contributed by atoms with Crippen molar-refractivity contribution in [3.63, 3.8) is 0 Å². The molecule has 2 rings (SSSR count). The number of benzene rings is 1. The van der Waals surface area contributed by atoms with E-state index in [9.17, 15) is 13.2 Å². The summed E-state index contributed by atoms with van der Waals surface area (Å²) < 4.78 is 26.8. The van der Waals surface area contributed by atoms with Gasteiger partial charge in [0.1, 0.15) is 0 Å². The molecule has 1 saturated carbocycles. The van der Waals surface area contributed by atoms with E-state index in [0.29, 0.717) is 11.7 Å². The molecule has 1 aliphatic carbocycles. The quantitative estimate of drug-likeness (QED) is 0.630. The summed E-state index contributed by atoms with van der Waals surface area (Å²) in [7, 11) is -3.51. The van der Waals surface area contributed by atoms with Crippen LogP contribution in [-0.4, -0.2) is 32.5 Å². The van der Waals surface area contributed by atoms with Gasteiger partial charge < -0.3 is 10.6 Å². The zero-order valence-corrected chi connectivity index (χ0v) is 16.8. The number of carbonyl (C=O) groups is 1. The van der Waals surface area contributed by atoms with E-state index in [1.165, 1.54) is 50.7 Å². The van der Waals surface area contributed by atoms with Gasteiger partial charge >= 0.3 is 0 Å². The Bertz CT molecular complexity index is 678. The molecule has 0 saturated heterocycles. The molecular formula is C19H32N3O3S+. The number of quaternary nitrogens is 1. The average molecular weight is 383 g/mol. The molecule has 6 nitrogen and oxygen atoms in total. The normalized spacial score (nSPS) is 17.7. The Hall–Kier alpha value is -1.44. The first-order valence-electron chi connectivity index (χ1n) is 9.56. The number of amides is 1. The van der Waals surface area contributed by atoms with E-state index in [1.807, 2.05) is 6.92 Å². The van der Waals surface area contributed by atoms with E-state index >= 15 is 0 Å². The lowest BCUT2D eigenvalue weighted by Crippen LogP contribution is -2.96. The second-order valence-electron chi connectivity index (χ2n) is 7.52. The third kappa shape index (κ3) is 6.37. The van der Waals surface area contributed by atoms with Gasteiger partial charge in [0.15, 0.2) is 6.04 Å². The van der Waals surface area contributed by atoms with Gasteiger partial charge in [-0.2, -0.15) is 0 Å². The minimum Gasteiger partial charge on any atom is -0.334 e. The van der Waals surface area contributed by atoms with Crippen molar-refractivity contribution in [3.05, 3.63) is 24.3 Å². The van der Waals surface area contributed by atoms with Crippen molar-refractivity contribution in [3.8, 4) is 0 Å². The van der Waals surface area contributed by atoms with E-state index in [0.717, 1.165) is 0 Å². The Balaban J connectivity index is 1.92. The summed E-state index contributed by atoms with van der Waals surface area (Å²) in [5.41, 5.74) is 0.611. The third-order valence-electron chi connectivity index (χ3n) is 4.70. The first-order chi connectivity index (χ1) is 12.3. The fourth-order valence-corrected chi connectivity index (χ4v) is 4.60. The number of nitrogens with two attached hydrogens (primary N) is 1. The summed E-state index contributed by atoms with van der Waals surface area (Å²) in [6.07, 6.45) is 7.43. The summed E-state index contributed by atoms with van der Waals surface area (Å²) in [6, 6.07) is 6.48. The monoisotopic (exact) mass is 382 g/mol. The third-order valence-corrected chi connectivity index (χ3v) is 6.37. The van der Waals surface area contributed by atoms with Crippen LogP contribution >= 0.6 is 0 Å². The lowest BCUT2D eigenvalue weighted by atomic mass is 10.1. The minimum atomic E-state index is -3.51. The molecule has 26 heavy (non-hydrogen) atoms. The molecule has 1 aliphatic rings. The lowest BCUT2D eigenvalue weighted by molar-refractivity contribution is -0.707. The number of rotatable bonds is 7. The van der Waals surface area contributed by atoms with Crippen LogP contribution in [0.3, 0.4) is 0 Å². The highest BCUT2D eigenvalue weighted by molar-refractivity contribution is 7.89. The lowest BCUT2D eigenvalue weighted by Gasteiger charge is -2.18. The Labute approximate surface area is 157 Å². The summed E-state index contributed by atoms with van der Waals surface area (Å²) in [4.78, 5) is 12.6. The molecule has 1 fully saturated rings. The van der Waals surface area contributed by atoms with Crippen LogP contribution in [0.4, 0.5) is 5.69 Å². The molecule has 1 aromatic carbocycles. The maximum atomic E-state index is 12.4. The van der Waals surface area contributed by atoms with Crippen molar-refractivity contribution >= 4 is 21.6 Å². The highest BCUT2D eigenvalue weighted by atomic mass is 32.2. The molecule has 0 unspecified atom stereocenters. The van der Waals surface area contributed by atoms with Crippen LogP contribution in [0.2, 0.25) is 0 Å². The fraction of sp³-hybridized carbons (Fsp3) is 0.632. The van der Waals surface area contributed by atoms with Gasteiger partial charge in [-0.05, 0) is 70.7 Å². The summed E-state index contributed by atoms with van der Waals surface area (Å²) in [5.74, 6) is -0.0508. The summed E-state index contributed by atoms with van der Waals surface area (Å²) in [6.45, 7) is 5.47. The van der Waals surface area contributed by atoms with Crippen LogP contribution in [0.5, 0.6) is 0 Å². The maximum Gasteiger partial charge on any atom is 0.282 e. The molecule has 0 radical (unpaired) electrons. The van der Waals surface area contributed by atoms with Gasteiger partial charge in [0.2, 0.25) is 10.0 Å². The maximum absolute atomic E-state index is 12.4. The second kappa shape index (κ2) is 9.48. The SMILES string of the molecule is CC(C)NS(=O)(=O)c1ccc(NC(=O)[C@H](C)[NH2+]C2CCCCCC2)cc1. The Morgan fingerprint density at radius 3 is 2.15 bits per heavy atom. The van der Waals surface area contributed by atoms with Gasteiger partial charge in [-0.15, -0.1) is 0 Å². The van der Waals surface area contributed by atoms with Crippen LogP contribution in [-0.2, 0) is 14.8 Å². The number of hydrogen-bond donors (Lipinski definition) is 3. The van der Waals surface area contributed by atoms with Gasteiger partial charge in [0, 0.05) is 11.7 Å². The standard InChI is InChI=1S/C19H31N3O3S/c1-14(2)22-26(24,25)18-12-10-17(11-13-18)21-19(23)15(3)20-16-8-6-4-5-7-9-16/h10-16,20,22H,4-9H2,1-3H3,(H,21,23)/p+1/t15-/m0/s1. The highest BCUT2D eigenvalue weighted by Crippen LogP contribution is 2.16. The van der Waals surface area contributed by atoms with E-state index in [1.54, 1.807) is 26.0 Å². The average Bonchev–Trinajstić information content (AvgIpc) is 2.82. The molecule has 4 N–H and O–H groups in total. The topological polar surface area (TPSA) is 91.9 Å². The molecule has 0 bridgehead atoms. The number of nitrogens with one attached hydrogen (secondary N) is 2. The van der Waals surface area contributed by atoms with Crippen LogP contribution in [0.1, 0.15) is 59.3 Å². The van der Waals surface area contributed by atoms with E-state index in [2.05, 4.69) is 15.4 Å². The minimum absolute atomic E-state index is 0.0508. The molecule has 1 amide bonds. The van der Waals surface area contributed by atoms with Gasteiger partial charge in [-0.1, -0.05) is 12.8 Å². The summed E-state index contributed by atoms with van der Waals surface area (Å²) >= 11 is 0. The molecule has 0 heterocycles. The Morgan fingerprint density at radius 2 is 1.62 bits per heavy atom. The molecule has 1 atom stereocenters. The number of sulfonamides is 1. The van der Waals surface area contributed by atoms with Crippen LogP contribution in [0.25, 0.3) is 0 Å². The Morgan fingerprint density at radius 1 is 1.04 bits per heavy atom. The predicted molar refractivity (Wildman–Crippen MR) is 103 cm³/mol. The number of hydrogen-bond acceptors (Lipinski definition) is 3. The molecule has 146 valence electrons. The molecular weight excluding hydrogens is 350 g/mol. The highest BCUT2D eigenvalue weighted by Gasteiger charge is 2.23. The molecule has 1 aromatic rings. The summed E-state index contributed by atoms with van der Waals surface area (Å²) in [5, 5.41) is 5.05. The second-order valence-corrected chi connectivity index (χ2v) is 9.24. The molecule has 0 aromatic heterocycles. The van der Waals surface area contributed by atoms with E-state index in [-0.39, 0.29) is 22.9 Å². The molecule has 0 spiro atoms. The van der Waals surface area contributed by atoms with Crippen molar-refractivity contribution < 1.29 is 18.5 Å². The van der Waals surface area contributed by atoms with Crippen LogP contribution in [0.15, 0.2) is 29.2 Å². The van der Waals surface area contributed by atoms with Gasteiger partial charge in [0.25, 0.3) is 5.91 Å². The van der Waals surface area contributed by atoms with Crippen LogP contribution < -0.4 is 15.4 Å². The van der Waals surface area contributed by atoms with Crippen LogP contribution in [0, 0.1) is 0 Å². The zero-order valence-electron chi connectivity index (χ0n) is 16.0. The smallest absolute Gasteiger partial charge is 0.282 e. The van der Waals surface area contributed by atoms with Crippen molar-refractivity contribution in [2.24, 2.45) is 0 Å². The Kier molecular flexibility index (Phi) is 7.61. The number of anilines is 1. The van der Waals surface area contributed by atoms with Gasteiger partial charge in [-0.3, -0.25) is 4.79 Å². The van der Waals surface area contributed by atoms with Gasteiger partial charge in [-0.25, -0.2) is 13.1 Å². The van der Waals surface area contributed by atoms with E-state index in [4.69, 9.17) is 0 Å². The first kappa shape index (κ1) is 20.9. The van der Waals surface area contributed by atoms with Crippen molar-refractivity contribution in [2.75, 3.05) is 5.32 Å². The number of carbonyl (C=O) groups excluding carboxylic acids is 1. The molecule has 7 heteroatoms.